The predicted molar refractivity (Wildman–Crippen MR) is 119 cm³/mol. The number of benzene rings is 1. The second kappa shape index (κ2) is 12.0. The number of rotatable bonds is 0. The second-order valence-electron chi connectivity index (χ2n) is 7.28. The lowest BCUT2D eigenvalue weighted by Crippen LogP contribution is -2.21. The van der Waals surface area contributed by atoms with Gasteiger partial charge in [0.2, 0.25) is 5.95 Å². The first-order chi connectivity index (χ1) is 17.2. The third kappa shape index (κ3) is 9.27. The number of alkyl halides is 6. The third-order valence-corrected chi connectivity index (χ3v) is 4.52. The Bertz CT molecular complexity index is 1210. The molecule has 1 aliphatic rings. The Labute approximate surface area is 205 Å². The van der Waals surface area contributed by atoms with Crippen LogP contribution in [-0.4, -0.2) is 56.5 Å². The molecule has 0 unspecified atom stereocenters. The van der Waals surface area contributed by atoms with E-state index in [0.717, 1.165) is 30.0 Å². The van der Waals surface area contributed by atoms with E-state index in [-0.39, 0.29) is 0 Å². The molecule has 0 fully saturated rings. The summed E-state index contributed by atoms with van der Waals surface area (Å²) >= 11 is 0. The van der Waals surface area contributed by atoms with E-state index in [9.17, 15) is 26.3 Å². The number of fused-ring (bicyclic) bond motifs is 6. The zero-order chi connectivity index (χ0) is 27.8. The summed E-state index contributed by atoms with van der Waals surface area (Å²) in [4.78, 5) is 33.1. The number of nitrogens with one attached hydrogen (secondary N) is 1. The van der Waals surface area contributed by atoms with Crippen LogP contribution >= 0.6 is 0 Å². The van der Waals surface area contributed by atoms with Crippen LogP contribution in [0.2, 0.25) is 0 Å². The molecule has 0 saturated carbocycles. The van der Waals surface area contributed by atoms with Gasteiger partial charge in [-0.25, -0.2) is 14.6 Å². The van der Waals surface area contributed by atoms with Crippen molar-refractivity contribution in [3.63, 3.8) is 0 Å². The zero-order valence-corrected chi connectivity index (χ0v) is 18.9. The normalized spacial score (nSPS) is 12.6. The van der Waals surface area contributed by atoms with Gasteiger partial charge in [-0.15, -0.1) is 0 Å². The fourth-order valence-corrected chi connectivity index (χ4v) is 2.76. The van der Waals surface area contributed by atoms with Crippen molar-refractivity contribution in [1.82, 2.24) is 15.0 Å². The van der Waals surface area contributed by atoms with Crippen molar-refractivity contribution >= 4 is 35.1 Å². The van der Waals surface area contributed by atoms with Gasteiger partial charge in [0, 0.05) is 25.1 Å². The van der Waals surface area contributed by atoms with E-state index >= 15 is 0 Å². The van der Waals surface area contributed by atoms with Crippen LogP contribution in [0.1, 0.15) is 11.1 Å². The molecular formula is C22H19F6N5O4. The molecule has 0 spiro atoms. The molecule has 4 rings (SSSR count). The molecule has 3 aromatic rings. The number of hydrogen-bond acceptors (Lipinski definition) is 7. The monoisotopic (exact) mass is 531 g/mol. The van der Waals surface area contributed by atoms with Crippen LogP contribution in [0.15, 0.2) is 55.0 Å². The number of aryl methyl sites for hydroxylation is 2. The molecule has 3 N–H and O–H groups in total. The minimum Gasteiger partial charge on any atom is -0.475 e. The Balaban J connectivity index is 0.000000286. The van der Waals surface area contributed by atoms with Gasteiger partial charge in [0.15, 0.2) is 0 Å². The maximum Gasteiger partial charge on any atom is 0.490 e. The average Bonchev–Trinajstić information content (AvgIpc) is 2.82. The Hall–Kier alpha value is -4.43. The Kier molecular flexibility index (Phi) is 9.35. The van der Waals surface area contributed by atoms with Gasteiger partial charge >= 0.3 is 24.3 Å². The predicted octanol–water partition coefficient (Wildman–Crippen LogP) is 4.75. The molecule has 0 amide bonds. The molecule has 9 nitrogen and oxygen atoms in total. The molecule has 0 aliphatic carbocycles. The maximum absolute atomic E-state index is 10.6. The summed E-state index contributed by atoms with van der Waals surface area (Å²) < 4.78 is 63.5. The quantitative estimate of drug-likeness (QED) is 0.352. The third-order valence-electron chi connectivity index (χ3n) is 4.52. The molecule has 0 radical (unpaired) electrons. The highest BCUT2D eigenvalue weighted by molar-refractivity contribution is 5.73. The standard InChI is InChI=1S/C18H17N5.2C2HF3O2/c1-23-16-4-2-3-13(10-16)5-6-14-9-15(12-19-11-14)21-18-20-8-7-17(23)22-18;2*3-2(4,5)1(6)7/h2-4,7-12H,5-6H2,1H3,(H,20,21,22);2*(H,6,7). The number of carbonyl (C=O) groups is 2. The summed E-state index contributed by atoms with van der Waals surface area (Å²) in [5.74, 6) is -4.09. The molecule has 0 saturated heterocycles. The smallest absolute Gasteiger partial charge is 0.475 e. The highest BCUT2D eigenvalue weighted by Crippen LogP contribution is 2.25. The molecule has 3 heterocycles. The maximum atomic E-state index is 10.6. The van der Waals surface area contributed by atoms with Crippen LogP contribution in [0.25, 0.3) is 0 Å². The molecule has 2 aromatic heterocycles. The van der Waals surface area contributed by atoms with Crippen LogP contribution < -0.4 is 10.2 Å². The number of anilines is 4. The van der Waals surface area contributed by atoms with Gasteiger partial charge < -0.3 is 20.4 Å². The number of halogens is 6. The Morgan fingerprint density at radius 1 is 0.919 bits per heavy atom. The SMILES string of the molecule is CN1c2cccc(c2)CCc2cncc(c2)Nc2nccc1n2.O=C(O)C(F)(F)F.O=C(O)C(F)(F)F. The first-order valence-electron chi connectivity index (χ1n) is 10.1. The largest absolute Gasteiger partial charge is 0.490 e. The lowest BCUT2D eigenvalue weighted by molar-refractivity contribution is -0.193. The van der Waals surface area contributed by atoms with Crippen molar-refractivity contribution in [2.45, 2.75) is 25.2 Å². The average molecular weight is 531 g/mol. The van der Waals surface area contributed by atoms with Crippen LogP contribution in [0, 0.1) is 0 Å². The van der Waals surface area contributed by atoms with Gasteiger partial charge in [-0.1, -0.05) is 12.1 Å². The number of nitrogens with zero attached hydrogens (tertiary/aromatic N) is 4. The first-order valence-corrected chi connectivity index (χ1v) is 10.1. The van der Waals surface area contributed by atoms with E-state index in [2.05, 4.69) is 55.5 Å². The lowest BCUT2D eigenvalue weighted by Gasteiger charge is -2.19. The fourth-order valence-electron chi connectivity index (χ4n) is 2.76. The highest BCUT2D eigenvalue weighted by Gasteiger charge is 2.38. The number of aromatic nitrogens is 3. The van der Waals surface area contributed by atoms with E-state index in [4.69, 9.17) is 19.8 Å². The molecule has 198 valence electrons. The summed E-state index contributed by atoms with van der Waals surface area (Å²) in [6.45, 7) is 0. The van der Waals surface area contributed by atoms with Crippen molar-refractivity contribution in [2.24, 2.45) is 0 Å². The summed E-state index contributed by atoms with van der Waals surface area (Å²) in [5, 5.41) is 17.5. The van der Waals surface area contributed by atoms with E-state index in [1.54, 1.807) is 12.4 Å². The minimum absolute atomic E-state index is 0.573. The van der Waals surface area contributed by atoms with E-state index in [1.165, 1.54) is 11.1 Å². The van der Waals surface area contributed by atoms with E-state index in [1.807, 2.05) is 19.3 Å². The van der Waals surface area contributed by atoms with Gasteiger partial charge in [-0.05, 0) is 48.2 Å². The fraction of sp³-hybridized carbons (Fsp3) is 0.227. The van der Waals surface area contributed by atoms with E-state index in [0.29, 0.717) is 5.95 Å². The van der Waals surface area contributed by atoms with Gasteiger partial charge in [0.1, 0.15) is 5.82 Å². The molecule has 37 heavy (non-hydrogen) atoms. The highest BCUT2D eigenvalue weighted by atomic mass is 19.4. The summed E-state index contributed by atoms with van der Waals surface area (Å²) in [6, 6.07) is 12.6. The van der Waals surface area contributed by atoms with Gasteiger partial charge in [0.05, 0.1) is 11.9 Å². The van der Waals surface area contributed by atoms with Crippen LogP contribution in [-0.2, 0) is 22.4 Å². The Morgan fingerprint density at radius 2 is 1.51 bits per heavy atom. The summed E-state index contributed by atoms with van der Waals surface area (Å²) in [5.41, 5.74) is 4.54. The molecule has 15 heteroatoms. The van der Waals surface area contributed by atoms with Crippen molar-refractivity contribution in [1.29, 1.82) is 0 Å². The number of hydrogen-bond donors (Lipinski definition) is 3. The first kappa shape index (κ1) is 28.8. The molecular weight excluding hydrogens is 512 g/mol. The van der Waals surface area contributed by atoms with Crippen LogP contribution in [0.3, 0.4) is 0 Å². The summed E-state index contributed by atoms with van der Waals surface area (Å²) in [7, 11) is 2.02. The van der Waals surface area contributed by atoms with Crippen molar-refractivity contribution in [2.75, 3.05) is 17.3 Å². The summed E-state index contributed by atoms with van der Waals surface area (Å²) in [6.07, 6.45) is -2.76. The van der Waals surface area contributed by atoms with Crippen LogP contribution in [0.4, 0.5) is 49.5 Å². The van der Waals surface area contributed by atoms with E-state index < -0.39 is 24.3 Å². The van der Waals surface area contributed by atoms with Crippen LogP contribution in [0.5, 0.6) is 0 Å². The van der Waals surface area contributed by atoms with Gasteiger partial charge in [-0.3, -0.25) is 4.98 Å². The minimum atomic E-state index is -5.08. The van der Waals surface area contributed by atoms with Crippen molar-refractivity contribution in [3.05, 3.63) is 66.1 Å². The van der Waals surface area contributed by atoms with Crippen molar-refractivity contribution in [3.8, 4) is 0 Å². The number of carboxylic acid groups (broad SMARTS) is 2. The zero-order valence-electron chi connectivity index (χ0n) is 18.9. The number of aliphatic carboxylic acids is 2. The number of carboxylic acids is 2. The van der Waals surface area contributed by atoms with Gasteiger partial charge in [-0.2, -0.15) is 31.3 Å². The number of pyridine rings is 1. The molecule has 1 aliphatic heterocycles. The second-order valence-corrected chi connectivity index (χ2v) is 7.28. The Morgan fingerprint density at radius 3 is 2.11 bits per heavy atom. The topological polar surface area (TPSA) is 129 Å². The lowest BCUT2D eigenvalue weighted by atomic mass is 10.0. The molecule has 0 atom stereocenters. The van der Waals surface area contributed by atoms with Crippen molar-refractivity contribution < 1.29 is 46.1 Å². The molecule has 6 bridgehead atoms. The molecule has 1 aromatic carbocycles. The van der Waals surface area contributed by atoms with Gasteiger partial charge in [0.25, 0.3) is 0 Å².